The molecular weight excluding hydrogens is 1610 g/mol. The van der Waals surface area contributed by atoms with E-state index in [-0.39, 0.29) is 0 Å². The second kappa shape index (κ2) is 53.1. The Morgan fingerprint density at radius 1 is 0.119 bits per heavy atom. The molecule has 0 aliphatic heterocycles. The monoisotopic (exact) mass is 1750 g/mol. The molecular formula is C134H136. The van der Waals surface area contributed by atoms with E-state index < -0.39 is 0 Å². The molecule has 0 saturated carbocycles. The fourth-order valence-corrected chi connectivity index (χ4v) is 18.0. The van der Waals surface area contributed by atoms with Crippen LogP contribution in [0, 0.1) is 13.8 Å². The predicted molar refractivity (Wildman–Crippen MR) is 592 cm³/mol. The molecule has 0 radical (unpaired) electrons. The molecule has 0 atom stereocenters. The number of benzene rings is 20. The van der Waals surface area contributed by atoms with Gasteiger partial charge >= 0.3 is 0 Å². The minimum atomic E-state index is 1.08. The Bertz CT molecular complexity index is 6520. The van der Waals surface area contributed by atoms with Gasteiger partial charge in [0.2, 0.25) is 0 Å². The molecule has 0 spiro atoms. The van der Waals surface area contributed by atoms with Crippen LogP contribution in [0.5, 0.6) is 0 Å². The summed E-state index contributed by atoms with van der Waals surface area (Å²) in [5.41, 5.74) is 40.5. The third-order valence-corrected chi connectivity index (χ3v) is 23.9. The zero-order valence-corrected chi connectivity index (χ0v) is 82.1. The second-order valence-electron chi connectivity index (χ2n) is 31.7. The Hall–Kier alpha value is -14.6. The summed E-state index contributed by atoms with van der Waals surface area (Å²) in [6, 6.07) is 163. The van der Waals surface area contributed by atoms with Crippen LogP contribution in [0.1, 0.15) is 175 Å². The van der Waals surface area contributed by atoms with E-state index in [9.17, 15) is 0 Å². The largest absolute Gasteiger partial charge is 0.0683 e. The third-order valence-electron chi connectivity index (χ3n) is 23.9. The highest BCUT2D eigenvalue weighted by Gasteiger charge is 2.30. The molecule has 0 N–H and O–H groups in total. The zero-order valence-electron chi connectivity index (χ0n) is 82.1. The lowest BCUT2D eigenvalue weighted by atomic mass is 9.96. The van der Waals surface area contributed by atoms with E-state index in [1.165, 1.54) is 177 Å². The summed E-state index contributed by atoms with van der Waals surface area (Å²) in [6.45, 7) is 32.2. The number of aryl methyl sites for hydroxylation is 2. The Morgan fingerprint density at radius 3 is 0.567 bits per heavy atom. The van der Waals surface area contributed by atoms with E-state index in [1.807, 2.05) is 182 Å². The molecule has 0 heteroatoms. The molecule has 134 heavy (non-hydrogen) atoms. The maximum absolute atomic E-state index is 2.43. The normalized spacial score (nSPS) is 10.8. The van der Waals surface area contributed by atoms with Crippen molar-refractivity contribution in [1.82, 2.24) is 0 Å². The highest BCUT2D eigenvalue weighted by molar-refractivity contribution is 5.99. The first kappa shape index (κ1) is 100. The third kappa shape index (κ3) is 25.2. The lowest BCUT2D eigenvalue weighted by molar-refractivity contribution is 1.16. The Kier molecular flexibility index (Phi) is 39.6. The van der Waals surface area contributed by atoms with Gasteiger partial charge in [-0.05, 0) is 270 Å². The summed E-state index contributed by atoms with van der Waals surface area (Å²) in [4.78, 5) is 0. The van der Waals surface area contributed by atoms with Crippen molar-refractivity contribution in [2.75, 3.05) is 0 Å². The smallest absolute Gasteiger partial charge is 0.00102 e. The minimum absolute atomic E-state index is 1.08. The number of hydrogen-bond acceptors (Lipinski definition) is 0. The molecule has 0 heterocycles. The molecule has 26 rings (SSSR count). The predicted octanol–water partition coefficient (Wildman–Crippen LogP) is 38.7. The summed E-state index contributed by atoms with van der Waals surface area (Å²) < 4.78 is 0. The molecule has 0 aromatic heterocycles. The van der Waals surface area contributed by atoms with E-state index in [2.05, 4.69) is 390 Å². The van der Waals surface area contributed by atoms with Gasteiger partial charge < -0.3 is 0 Å². The van der Waals surface area contributed by atoms with Crippen molar-refractivity contribution in [2.45, 2.75) is 149 Å². The summed E-state index contributed by atoms with van der Waals surface area (Å²) in [5.74, 6) is 0. The van der Waals surface area contributed by atoms with Crippen LogP contribution in [0.3, 0.4) is 0 Å². The highest BCUT2D eigenvalue weighted by atomic mass is 14.3. The van der Waals surface area contributed by atoms with Gasteiger partial charge in [-0.15, -0.1) is 0 Å². The second-order valence-corrected chi connectivity index (χ2v) is 31.7. The maximum atomic E-state index is 2.43. The molecule has 0 fully saturated rings. The van der Waals surface area contributed by atoms with Crippen LogP contribution >= 0.6 is 0 Å². The van der Waals surface area contributed by atoms with E-state index in [1.54, 1.807) is 22.3 Å². The Labute approximate surface area is 803 Å². The van der Waals surface area contributed by atoms with Crippen molar-refractivity contribution in [2.24, 2.45) is 0 Å². The Morgan fingerprint density at radius 2 is 0.299 bits per heavy atom. The average Bonchev–Trinajstić information content (AvgIpc) is 1.59. The molecule has 0 nitrogen and oxygen atoms in total. The molecule has 6 aliphatic rings. The topological polar surface area (TPSA) is 0 Å². The first-order valence-corrected chi connectivity index (χ1v) is 49.2. The SMILES string of the molecule is CC.CC.CC.CC.CC.CC.CC.Cc1ccccc1.Cc1ccccc1.c1ccc(-c2ccccc2)cc1.c1ccc2c(c1)Cc1c-2ccc2c1Cc1cc3ccccc3cc1-2.c1ccc2c(c1)Cc1c-2ccc2c1Cc1ccccc1-2.c1ccc2c(c1)Cc1cc3c(cc1-2)Cc1ccccc1-3.c1ccc2cc3ccccc3cc2c1.c1ccc2ccccc2c1.c1ccccc1. The van der Waals surface area contributed by atoms with Gasteiger partial charge in [0.25, 0.3) is 0 Å². The summed E-state index contributed by atoms with van der Waals surface area (Å²) in [7, 11) is 0. The van der Waals surface area contributed by atoms with E-state index in [4.69, 9.17) is 0 Å². The van der Waals surface area contributed by atoms with Crippen LogP contribution < -0.4 is 0 Å². The lowest BCUT2D eigenvalue weighted by Crippen LogP contribution is -1.90. The van der Waals surface area contributed by atoms with Gasteiger partial charge in [0, 0.05) is 0 Å². The molecule has 20 aromatic carbocycles. The fraction of sp³-hybridized carbons (Fsp3) is 0.164. The van der Waals surface area contributed by atoms with Crippen molar-refractivity contribution in [3.05, 3.63) is 539 Å². The van der Waals surface area contributed by atoms with Crippen LogP contribution in [0.4, 0.5) is 0 Å². The van der Waals surface area contributed by atoms with E-state index >= 15 is 0 Å². The molecule has 0 amide bonds. The van der Waals surface area contributed by atoms with Gasteiger partial charge in [-0.25, -0.2) is 0 Å². The molecule has 0 bridgehead atoms. The van der Waals surface area contributed by atoms with Crippen LogP contribution in [-0.2, 0) is 38.5 Å². The molecule has 6 aliphatic carbocycles. The van der Waals surface area contributed by atoms with Crippen LogP contribution in [0.2, 0.25) is 0 Å². The summed E-state index contributed by atoms with van der Waals surface area (Å²) in [6.07, 6.45) is 6.53. The standard InChI is InChI=1S/C24H16.2C20H14.C14H10.C12H10.C10H8.2C7H8.C6H6.7C2H6/c1-2-6-16-12-22-18(11-15(16)5-1)14-24-21(22)10-9-20-19-8-4-3-7-17(19)13-23(20)24;1-3-7-17-13(5-1)9-15-11-20-16(12-19(15)17)10-14-6-2-4-8-18(14)20;1-3-7-15-13(5-1)11-19-17(15)9-10-18-16-8-4-2-6-14(16)12-20(18)19;1-2-6-12-10-14-8-4-3-7-13(14)9-11(12)5-1;1-3-7-11(8-4-1)12-9-5-2-6-10-12;1-2-6-10-8-4-3-7-9(10)5-1;2*1-7-5-3-2-4-6-7;1-2-4-6-5-3-1;7*1-2/h1-12H,13-14H2;1-8,11-12H,9-10H2;1-10H,11-12H2;1-10H;1-10H;1-8H;2*2-6H,1H3;1-6H;7*1-2H3. The van der Waals surface area contributed by atoms with Gasteiger partial charge in [-0.3, -0.25) is 0 Å². The van der Waals surface area contributed by atoms with Crippen LogP contribution in [0.25, 0.3) is 121 Å². The molecule has 0 unspecified atom stereocenters. The maximum Gasteiger partial charge on any atom is -0.00102 e. The summed E-state index contributed by atoms with van der Waals surface area (Å²) >= 11 is 0. The molecule has 672 valence electrons. The molecule has 0 saturated heterocycles. The van der Waals surface area contributed by atoms with Crippen LogP contribution in [-0.4, -0.2) is 0 Å². The average molecular weight is 1750 g/mol. The van der Waals surface area contributed by atoms with Crippen LogP contribution in [0.15, 0.2) is 461 Å². The minimum Gasteiger partial charge on any atom is -0.0683 e. The molecule has 20 aromatic rings. The van der Waals surface area contributed by atoms with Crippen molar-refractivity contribution >= 4 is 43.1 Å². The van der Waals surface area contributed by atoms with Gasteiger partial charge in [-0.2, -0.15) is 0 Å². The van der Waals surface area contributed by atoms with Crippen molar-refractivity contribution < 1.29 is 0 Å². The zero-order chi connectivity index (χ0) is 94.8. The van der Waals surface area contributed by atoms with Gasteiger partial charge in [0.05, 0.1) is 0 Å². The quantitative estimate of drug-likeness (QED) is 0.144. The number of fused-ring (bicyclic) bond motifs is 24. The number of rotatable bonds is 1. The first-order chi connectivity index (χ1) is 66.3. The van der Waals surface area contributed by atoms with Crippen molar-refractivity contribution in [3.8, 4) is 77.9 Å². The number of hydrogen-bond donors (Lipinski definition) is 0. The van der Waals surface area contributed by atoms with E-state index in [0.717, 1.165) is 38.5 Å². The van der Waals surface area contributed by atoms with Crippen molar-refractivity contribution in [1.29, 1.82) is 0 Å². The highest BCUT2D eigenvalue weighted by Crippen LogP contribution is 2.50. The van der Waals surface area contributed by atoms with Gasteiger partial charge in [-0.1, -0.05) is 539 Å². The van der Waals surface area contributed by atoms with Gasteiger partial charge in [0.15, 0.2) is 0 Å². The lowest BCUT2D eigenvalue weighted by Gasteiger charge is -2.08. The van der Waals surface area contributed by atoms with Gasteiger partial charge in [0.1, 0.15) is 0 Å². The first-order valence-electron chi connectivity index (χ1n) is 49.2. The van der Waals surface area contributed by atoms with Crippen molar-refractivity contribution in [3.63, 3.8) is 0 Å². The Balaban J connectivity index is 0.000000147. The fourth-order valence-electron chi connectivity index (χ4n) is 18.0. The van der Waals surface area contributed by atoms with E-state index in [0.29, 0.717) is 0 Å². The summed E-state index contributed by atoms with van der Waals surface area (Å²) in [5, 5.41) is 10.6.